The highest BCUT2D eigenvalue weighted by Crippen LogP contribution is 2.40. The first-order valence-electron chi connectivity index (χ1n) is 8.80. The van der Waals surface area contributed by atoms with Gasteiger partial charge in [0.25, 0.3) is 0 Å². The summed E-state index contributed by atoms with van der Waals surface area (Å²) in [6, 6.07) is 1.33. The predicted molar refractivity (Wildman–Crippen MR) is 92.1 cm³/mol. The van der Waals surface area contributed by atoms with E-state index in [1.165, 1.54) is 12.3 Å². The SMILES string of the molecule is CCCCCCC(=O)OCC1OC(n2ccc(N)nc2=O)C(C)(F)C1O. The van der Waals surface area contributed by atoms with E-state index in [1.807, 2.05) is 0 Å². The molecule has 2 rings (SSSR count). The molecular formula is C17H26FN3O5. The van der Waals surface area contributed by atoms with Crippen LogP contribution in [0.4, 0.5) is 10.2 Å². The van der Waals surface area contributed by atoms with Gasteiger partial charge in [-0.2, -0.15) is 4.98 Å². The highest BCUT2D eigenvalue weighted by molar-refractivity contribution is 5.69. The Bertz CT molecular complexity index is 679. The smallest absolute Gasteiger partial charge is 0.351 e. The fourth-order valence-electron chi connectivity index (χ4n) is 2.90. The number of carbonyl (C=O) groups excluding carboxylic acids is 1. The molecule has 1 saturated heterocycles. The lowest BCUT2D eigenvalue weighted by atomic mass is 9.98. The molecule has 1 aromatic heterocycles. The minimum atomic E-state index is -2.26. The number of halogens is 1. The van der Waals surface area contributed by atoms with Crippen molar-refractivity contribution in [3.63, 3.8) is 0 Å². The quantitative estimate of drug-likeness (QED) is 0.523. The van der Waals surface area contributed by atoms with E-state index >= 15 is 0 Å². The van der Waals surface area contributed by atoms with Gasteiger partial charge in [-0.1, -0.05) is 26.2 Å². The van der Waals surface area contributed by atoms with Crippen molar-refractivity contribution >= 4 is 11.8 Å². The van der Waals surface area contributed by atoms with E-state index in [2.05, 4.69) is 11.9 Å². The van der Waals surface area contributed by atoms with Crippen LogP contribution in [0.15, 0.2) is 17.1 Å². The van der Waals surface area contributed by atoms with E-state index < -0.39 is 35.8 Å². The van der Waals surface area contributed by atoms with Crippen molar-refractivity contribution in [2.45, 2.75) is 70.1 Å². The Balaban J connectivity index is 1.97. The van der Waals surface area contributed by atoms with Crippen molar-refractivity contribution in [1.82, 2.24) is 9.55 Å². The Hall–Kier alpha value is -2.00. The lowest BCUT2D eigenvalue weighted by molar-refractivity contribution is -0.150. The maximum Gasteiger partial charge on any atom is 0.351 e. The molecule has 0 radical (unpaired) electrons. The number of carbonyl (C=O) groups is 1. The molecule has 4 atom stereocenters. The van der Waals surface area contributed by atoms with Crippen molar-refractivity contribution in [2.24, 2.45) is 0 Å². The van der Waals surface area contributed by atoms with Gasteiger partial charge in [0.1, 0.15) is 24.6 Å². The first-order valence-corrected chi connectivity index (χ1v) is 8.80. The standard InChI is InChI=1S/C17H26FN3O5/c1-3-4-5-6-7-13(22)25-10-11-14(23)17(2,18)15(26-11)21-9-8-12(19)20-16(21)24/h8-9,11,14-15,23H,3-7,10H2,1-2H3,(H2,19,20,24). The average Bonchev–Trinajstić information content (AvgIpc) is 2.80. The number of esters is 1. The van der Waals surface area contributed by atoms with Gasteiger partial charge in [-0.15, -0.1) is 0 Å². The molecule has 0 spiro atoms. The normalized spacial score (nSPS) is 28.2. The summed E-state index contributed by atoms with van der Waals surface area (Å²) >= 11 is 0. The number of nitrogens with two attached hydrogens (primary N) is 1. The Labute approximate surface area is 151 Å². The van der Waals surface area contributed by atoms with Gasteiger partial charge in [-0.3, -0.25) is 9.36 Å². The fraction of sp³-hybridized carbons (Fsp3) is 0.706. The molecular weight excluding hydrogens is 345 g/mol. The predicted octanol–water partition coefficient (Wildman–Crippen LogP) is 1.33. The van der Waals surface area contributed by atoms with Gasteiger partial charge >= 0.3 is 11.7 Å². The number of ether oxygens (including phenoxy) is 2. The third kappa shape index (κ3) is 4.59. The van der Waals surface area contributed by atoms with E-state index in [-0.39, 0.29) is 18.8 Å². The monoisotopic (exact) mass is 371 g/mol. The van der Waals surface area contributed by atoms with Crippen molar-refractivity contribution in [2.75, 3.05) is 12.3 Å². The zero-order chi connectivity index (χ0) is 19.3. The van der Waals surface area contributed by atoms with Crippen LogP contribution in [0.3, 0.4) is 0 Å². The summed E-state index contributed by atoms with van der Waals surface area (Å²) in [5.74, 6) is -0.425. The molecule has 1 aromatic rings. The molecule has 8 nitrogen and oxygen atoms in total. The van der Waals surface area contributed by atoms with Crippen molar-refractivity contribution in [3.8, 4) is 0 Å². The van der Waals surface area contributed by atoms with Gasteiger partial charge in [0, 0.05) is 12.6 Å². The van der Waals surface area contributed by atoms with Crippen molar-refractivity contribution in [3.05, 3.63) is 22.7 Å². The lowest BCUT2D eigenvalue weighted by Gasteiger charge is -2.24. The molecule has 146 valence electrons. The first kappa shape index (κ1) is 20.3. The summed E-state index contributed by atoms with van der Waals surface area (Å²) in [4.78, 5) is 27.2. The summed E-state index contributed by atoms with van der Waals surface area (Å²) in [6.07, 6.45) is 1.23. The highest BCUT2D eigenvalue weighted by atomic mass is 19.1. The van der Waals surface area contributed by atoms with Crippen molar-refractivity contribution < 1.29 is 23.8 Å². The summed E-state index contributed by atoms with van der Waals surface area (Å²) in [5.41, 5.74) is 2.37. The topological polar surface area (TPSA) is 117 Å². The number of hydrogen-bond acceptors (Lipinski definition) is 7. The maximum absolute atomic E-state index is 15.0. The van der Waals surface area contributed by atoms with E-state index in [1.54, 1.807) is 0 Å². The number of aromatic nitrogens is 2. The number of aliphatic hydroxyl groups is 1. The molecule has 3 N–H and O–H groups in total. The summed E-state index contributed by atoms with van der Waals surface area (Å²) in [6.45, 7) is 2.90. The lowest BCUT2D eigenvalue weighted by Crippen LogP contribution is -2.43. The van der Waals surface area contributed by atoms with Gasteiger partial charge in [0.2, 0.25) is 0 Å². The Morgan fingerprint density at radius 1 is 1.50 bits per heavy atom. The summed E-state index contributed by atoms with van der Waals surface area (Å²) in [7, 11) is 0. The van der Waals surface area contributed by atoms with Crippen LogP contribution in [0.2, 0.25) is 0 Å². The van der Waals surface area contributed by atoms with Crippen LogP contribution in [0, 0.1) is 0 Å². The minimum absolute atomic E-state index is 0.00101. The van der Waals surface area contributed by atoms with E-state index in [0.717, 1.165) is 37.2 Å². The van der Waals surface area contributed by atoms with E-state index in [9.17, 15) is 19.1 Å². The Kier molecular flexibility index (Phi) is 6.71. The molecule has 0 aliphatic carbocycles. The van der Waals surface area contributed by atoms with Gasteiger partial charge in [0.15, 0.2) is 11.9 Å². The molecule has 0 bridgehead atoms. The number of rotatable bonds is 8. The zero-order valence-electron chi connectivity index (χ0n) is 15.1. The number of unbranched alkanes of at least 4 members (excludes halogenated alkanes) is 3. The molecule has 1 aliphatic rings. The van der Waals surface area contributed by atoms with Crippen molar-refractivity contribution in [1.29, 1.82) is 0 Å². The molecule has 1 fully saturated rings. The van der Waals surface area contributed by atoms with E-state index in [4.69, 9.17) is 15.2 Å². The third-order valence-corrected chi connectivity index (χ3v) is 4.46. The second-order valence-electron chi connectivity index (χ2n) is 6.66. The molecule has 1 aliphatic heterocycles. The van der Waals surface area contributed by atoms with Crippen LogP contribution in [-0.4, -0.2) is 45.1 Å². The summed E-state index contributed by atoms with van der Waals surface area (Å²) < 4.78 is 26.4. The second-order valence-corrected chi connectivity index (χ2v) is 6.66. The second kappa shape index (κ2) is 8.59. The zero-order valence-corrected chi connectivity index (χ0v) is 15.1. The number of nitrogen functional groups attached to an aromatic ring is 1. The molecule has 9 heteroatoms. The summed E-state index contributed by atoms with van der Waals surface area (Å²) in [5, 5.41) is 10.2. The maximum atomic E-state index is 15.0. The molecule has 2 heterocycles. The van der Waals surface area contributed by atoms with Crippen LogP contribution in [0.25, 0.3) is 0 Å². The number of hydrogen-bond donors (Lipinski definition) is 2. The van der Waals surface area contributed by atoms with Gasteiger partial charge in [-0.25, -0.2) is 9.18 Å². The fourth-order valence-corrected chi connectivity index (χ4v) is 2.90. The molecule has 0 amide bonds. The van der Waals surface area contributed by atoms with Crippen LogP contribution in [-0.2, 0) is 14.3 Å². The van der Waals surface area contributed by atoms with Crippen LogP contribution in [0.5, 0.6) is 0 Å². The number of anilines is 1. The number of nitrogens with zero attached hydrogens (tertiary/aromatic N) is 2. The molecule has 26 heavy (non-hydrogen) atoms. The third-order valence-electron chi connectivity index (χ3n) is 4.46. The highest BCUT2D eigenvalue weighted by Gasteiger charge is 2.55. The van der Waals surface area contributed by atoms with Gasteiger partial charge < -0.3 is 20.3 Å². The Morgan fingerprint density at radius 2 is 2.23 bits per heavy atom. The number of alkyl halides is 1. The van der Waals surface area contributed by atoms with Crippen LogP contribution >= 0.6 is 0 Å². The first-order chi connectivity index (χ1) is 12.3. The minimum Gasteiger partial charge on any atom is -0.463 e. The molecule has 4 unspecified atom stereocenters. The molecule has 0 saturated carbocycles. The van der Waals surface area contributed by atoms with Crippen LogP contribution < -0.4 is 11.4 Å². The van der Waals surface area contributed by atoms with Gasteiger partial charge in [-0.05, 0) is 19.4 Å². The average molecular weight is 371 g/mol. The Morgan fingerprint density at radius 3 is 2.88 bits per heavy atom. The van der Waals surface area contributed by atoms with E-state index in [0.29, 0.717) is 0 Å². The van der Waals surface area contributed by atoms with Crippen LogP contribution in [0.1, 0.15) is 52.2 Å². The number of aliphatic hydroxyl groups excluding tert-OH is 1. The largest absolute Gasteiger partial charge is 0.463 e. The van der Waals surface area contributed by atoms with Gasteiger partial charge in [0.05, 0.1) is 0 Å². The molecule has 0 aromatic carbocycles.